The highest BCUT2D eigenvalue weighted by atomic mass is 79.9. The van der Waals surface area contributed by atoms with E-state index < -0.39 is 0 Å². The molecule has 1 saturated heterocycles. The maximum absolute atomic E-state index is 12.5. The van der Waals surface area contributed by atoms with Crippen LogP contribution in [0.25, 0.3) is 0 Å². The predicted octanol–water partition coefficient (Wildman–Crippen LogP) is 3.52. The molecule has 102 valence electrons. The van der Waals surface area contributed by atoms with Crippen molar-refractivity contribution in [3.05, 3.63) is 34.3 Å². The maximum atomic E-state index is 12.5. The lowest BCUT2D eigenvalue weighted by Crippen LogP contribution is -2.34. The number of hydrogen-bond donors (Lipinski definition) is 0. The number of benzene rings is 1. The van der Waals surface area contributed by atoms with Crippen LogP contribution in [0.2, 0.25) is 0 Å². The maximum Gasteiger partial charge on any atom is 0.226 e. The average Bonchev–Trinajstić information content (AvgIpc) is 3.22. The fraction of sp³-hybridized carbons (Fsp3) is 0.533. The van der Waals surface area contributed by atoms with Crippen molar-refractivity contribution in [2.45, 2.75) is 18.8 Å². The number of halogens is 1. The van der Waals surface area contributed by atoms with E-state index in [0.717, 1.165) is 36.2 Å². The summed E-state index contributed by atoms with van der Waals surface area (Å²) in [6.07, 6.45) is 2.16. The molecule has 4 heteroatoms. The number of hydrogen-bond acceptors (Lipinski definition) is 2. The highest BCUT2D eigenvalue weighted by Crippen LogP contribution is 2.50. The van der Waals surface area contributed by atoms with Gasteiger partial charge in [0.25, 0.3) is 0 Å². The van der Waals surface area contributed by atoms with Gasteiger partial charge in [-0.05, 0) is 36.1 Å². The zero-order chi connectivity index (χ0) is 13.2. The van der Waals surface area contributed by atoms with Crippen molar-refractivity contribution in [2.75, 3.05) is 24.6 Å². The number of carbonyl (C=O) groups is 1. The molecule has 0 bridgehead atoms. The quantitative estimate of drug-likeness (QED) is 0.821. The van der Waals surface area contributed by atoms with Gasteiger partial charge in [0, 0.05) is 29.2 Å². The number of nitrogens with zero attached hydrogens (tertiary/aromatic N) is 1. The van der Waals surface area contributed by atoms with Crippen molar-refractivity contribution in [1.29, 1.82) is 0 Å². The molecular weight excluding hydrogens is 322 g/mol. The van der Waals surface area contributed by atoms with E-state index in [1.165, 1.54) is 11.3 Å². The summed E-state index contributed by atoms with van der Waals surface area (Å²) in [5.41, 5.74) is 1.30. The fourth-order valence-corrected chi connectivity index (χ4v) is 4.25. The van der Waals surface area contributed by atoms with Crippen molar-refractivity contribution in [1.82, 2.24) is 4.90 Å². The lowest BCUT2D eigenvalue weighted by molar-refractivity contribution is -0.132. The van der Waals surface area contributed by atoms with Crippen molar-refractivity contribution < 1.29 is 4.79 Å². The first-order chi connectivity index (χ1) is 9.27. The minimum Gasteiger partial charge on any atom is -0.342 e. The minimum absolute atomic E-state index is 0.224. The third kappa shape index (κ3) is 3.00. The molecule has 2 nitrogen and oxygen atoms in total. The Kier molecular flexibility index (Phi) is 4.18. The van der Waals surface area contributed by atoms with Gasteiger partial charge in [-0.2, -0.15) is 11.8 Å². The van der Waals surface area contributed by atoms with Crippen LogP contribution in [0.5, 0.6) is 0 Å². The molecule has 1 amide bonds. The molecule has 2 atom stereocenters. The molecule has 1 aromatic rings. The van der Waals surface area contributed by atoms with E-state index in [4.69, 9.17) is 0 Å². The average molecular weight is 340 g/mol. The molecule has 0 radical (unpaired) electrons. The molecule has 2 fully saturated rings. The molecule has 3 rings (SSSR count). The monoisotopic (exact) mass is 339 g/mol. The summed E-state index contributed by atoms with van der Waals surface area (Å²) < 4.78 is 1.14. The highest BCUT2D eigenvalue weighted by molar-refractivity contribution is 9.10. The predicted molar refractivity (Wildman–Crippen MR) is 83.5 cm³/mol. The molecule has 0 aromatic heterocycles. The molecule has 1 aliphatic heterocycles. The van der Waals surface area contributed by atoms with E-state index in [1.54, 1.807) is 0 Å². The third-order valence-electron chi connectivity index (χ3n) is 3.95. The van der Waals surface area contributed by atoms with Gasteiger partial charge in [-0.1, -0.05) is 34.1 Å². The fourth-order valence-electron chi connectivity index (χ4n) is 2.79. The van der Waals surface area contributed by atoms with E-state index in [1.807, 2.05) is 17.8 Å². The Hall–Kier alpha value is -0.480. The minimum atomic E-state index is 0.224. The molecule has 1 saturated carbocycles. The van der Waals surface area contributed by atoms with Gasteiger partial charge < -0.3 is 4.90 Å². The Balaban J connectivity index is 1.66. The molecule has 0 spiro atoms. The second-order valence-electron chi connectivity index (χ2n) is 5.26. The van der Waals surface area contributed by atoms with Crippen LogP contribution in [-0.2, 0) is 4.79 Å². The van der Waals surface area contributed by atoms with E-state index in [2.05, 4.69) is 39.0 Å². The summed E-state index contributed by atoms with van der Waals surface area (Å²) in [4.78, 5) is 14.6. The zero-order valence-corrected chi connectivity index (χ0v) is 13.3. The Morgan fingerprint density at radius 2 is 2.11 bits per heavy atom. The summed E-state index contributed by atoms with van der Waals surface area (Å²) in [5.74, 6) is 3.32. The molecule has 0 N–H and O–H groups in total. The summed E-state index contributed by atoms with van der Waals surface area (Å²) in [6.45, 7) is 1.88. The number of thioether (sulfide) groups is 1. The SMILES string of the molecule is O=C(C1CC1c1ccccc1Br)N1CCCSCC1. The molecule has 2 aliphatic rings. The topological polar surface area (TPSA) is 20.3 Å². The molecule has 19 heavy (non-hydrogen) atoms. The first-order valence-corrected chi connectivity index (χ1v) is 8.83. The van der Waals surface area contributed by atoms with Gasteiger partial charge in [0.05, 0.1) is 0 Å². The number of carbonyl (C=O) groups excluding carboxylic acids is 1. The van der Waals surface area contributed by atoms with Crippen LogP contribution in [0.15, 0.2) is 28.7 Å². The lowest BCUT2D eigenvalue weighted by Gasteiger charge is -2.20. The smallest absolute Gasteiger partial charge is 0.226 e. The van der Waals surface area contributed by atoms with Crippen LogP contribution in [0, 0.1) is 5.92 Å². The Labute approximate surface area is 127 Å². The third-order valence-corrected chi connectivity index (χ3v) is 5.72. The second-order valence-corrected chi connectivity index (χ2v) is 7.34. The van der Waals surface area contributed by atoms with E-state index >= 15 is 0 Å². The van der Waals surface area contributed by atoms with Crippen LogP contribution in [0.4, 0.5) is 0 Å². The zero-order valence-electron chi connectivity index (χ0n) is 10.8. The van der Waals surface area contributed by atoms with E-state index in [0.29, 0.717) is 11.8 Å². The molecule has 1 aromatic carbocycles. The Morgan fingerprint density at radius 3 is 2.95 bits per heavy atom. The van der Waals surface area contributed by atoms with Crippen molar-refractivity contribution >= 4 is 33.6 Å². The van der Waals surface area contributed by atoms with Gasteiger partial charge in [-0.3, -0.25) is 4.79 Å². The lowest BCUT2D eigenvalue weighted by atomic mass is 10.1. The van der Waals surface area contributed by atoms with Gasteiger partial charge in [0.2, 0.25) is 5.91 Å². The standard InChI is InChI=1S/C15H18BrNOS/c16-14-5-2-1-4-11(14)12-10-13(12)15(18)17-6-3-8-19-9-7-17/h1-2,4-5,12-13H,3,6-10H2. The molecule has 1 heterocycles. The summed E-state index contributed by atoms with van der Waals surface area (Å²) >= 11 is 5.56. The summed E-state index contributed by atoms with van der Waals surface area (Å²) in [5, 5.41) is 0. The van der Waals surface area contributed by atoms with Crippen LogP contribution in [0.1, 0.15) is 24.3 Å². The van der Waals surface area contributed by atoms with Crippen molar-refractivity contribution in [3.63, 3.8) is 0 Å². The van der Waals surface area contributed by atoms with Crippen molar-refractivity contribution in [3.8, 4) is 0 Å². The molecule has 2 unspecified atom stereocenters. The molecular formula is C15H18BrNOS. The highest BCUT2D eigenvalue weighted by Gasteiger charge is 2.46. The van der Waals surface area contributed by atoms with Crippen LogP contribution in [0.3, 0.4) is 0 Å². The van der Waals surface area contributed by atoms with Crippen LogP contribution >= 0.6 is 27.7 Å². The molecule has 1 aliphatic carbocycles. The van der Waals surface area contributed by atoms with Crippen molar-refractivity contribution in [2.24, 2.45) is 5.92 Å². The normalized spacial score (nSPS) is 26.9. The summed E-state index contributed by atoms with van der Waals surface area (Å²) in [6, 6.07) is 8.29. The van der Waals surface area contributed by atoms with Gasteiger partial charge in [-0.25, -0.2) is 0 Å². The largest absolute Gasteiger partial charge is 0.342 e. The Bertz CT molecular complexity index is 471. The van der Waals surface area contributed by atoms with E-state index in [-0.39, 0.29) is 5.92 Å². The summed E-state index contributed by atoms with van der Waals surface area (Å²) in [7, 11) is 0. The van der Waals surface area contributed by atoms with Gasteiger partial charge in [0.15, 0.2) is 0 Å². The number of rotatable bonds is 2. The van der Waals surface area contributed by atoms with Gasteiger partial charge in [0.1, 0.15) is 0 Å². The number of amides is 1. The first-order valence-electron chi connectivity index (χ1n) is 6.88. The van der Waals surface area contributed by atoms with E-state index in [9.17, 15) is 4.79 Å². The van der Waals surface area contributed by atoms with Crippen LogP contribution in [-0.4, -0.2) is 35.4 Å². The van der Waals surface area contributed by atoms with Gasteiger partial charge >= 0.3 is 0 Å². The first kappa shape index (κ1) is 13.5. The van der Waals surface area contributed by atoms with Crippen LogP contribution < -0.4 is 0 Å². The Morgan fingerprint density at radius 1 is 1.26 bits per heavy atom. The second kappa shape index (κ2) is 5.88. The van der Waals surface area contributed by atoms with Gasteiger partial charge in [-0.15, -0.1) is 0 Å².